The maximum Gasteiger partial charge on any atom is 0.191 e. The molecule has 2 aliphatic rings. The molecule has 2 fully saturated rings. The van der Waals surface area contributed by atoms with Crippen LogP contribution in [-0.4, -0.2) is 99.9 Å². The summed E-state index contributed by atoms with van der Waals surface area (Å²) in [4.78, 5) is 9.57. The van der Waals surface area contributed by atoms with Crippen LogP contribution in [-0.2, 0) is 4.74 Å². The van der Waals surface area contributed by atoms with Gasteiger partial charge in [0.2, 0.25) is 0 Å². The molecule has 0 aromatic carbocycles. The highest BCUT2D eigenvalue weighted by Gasteiger charge is 2.38. The number of thioether (sulfide) groups is 1. The summed E-state index contributed by atoms with van der Waals surface area (Å²) in [5.41, 5.74) is 0.327. The van der Waals surface area contributed by atoms with Crippen molar-refractivity contribution in [3.05, 3.63) is 0 Å². The smallest absolute Gasteiger partial charge is 0.191 e. The van der Waals surface area contributed by atoms with E-state index in [0.29, 0.717) is 5.54 Å². The van der Waals surface area contributed by atoms with Crippen molar-refractivity contribution < 1.29 is 4.74 Å². The summed E-state index contributed by atoms with van der Waals surface area (Å²) in [6.07, 6.45) is 7.85. The van der Waals surface area contributed by atoms with Gasteiger partial charge in [0.05, 0.1) is 0 Å². The number of nitrogens with one attached hydrogen (secondary N) is 2. The van der Waals surface area contributed by atoms with Gasteiger partial charge in [-0.1, -0.05) is 19.3 Å². The number of rotatable bonds is 10. The minimum absolute atomic E-state index is 0.327. The number of hydrogen-bond donors (Lipinski definition) is 2. The zero-order valence-corrected chi connectivity index (χ0v) is 18.6. The highest BCUT2D eigenvalue weighted by molar-refractivity contribution is 7.99. The number of guanidine groups is 1. The molecule has 158 valence electrons. The van der Waals surface area contributed by atoms with Crippen LogP contribution in [0.4, 0.5) is 0 Å². The third-order valence-electron chi connectivity index (χ3n) is 5.95. The zero-order valence-electron chi connectivity index (χ0n) is 17.8. The first-order valence-corrected chi connectivity index (χ1v) is 11.8. The highest BCUT2D eigenvalue weighted by atomic mass is 32.2. The van der Waals surface area contributed by atoms with Gasteiger partial charge < -0.3 is 20.3 Å². The van der Waals surface area contributed by atoms with Crippen molar-refractivity contribution in [2.45, 2.75) is 44.1 Å². The third kappa shape index (κ3) is 7.80. The Hall–Kier alpha value is -0.500. The van der Waals surface area contributed by atoms with Crippen molar-refractivity contribution >= 4 is 17.7 Å². The lowest BCUT2D eigenvalue weighted by Gasteiger charge is -2.48. The molecule has 27 heavy (non-hydrogen) atoms. The molecule has 0 radical (unpaired) electrons. The fraction of sp³-hybridized carbons (Fsp3) is 0.950. The molecule has 1 heterocycles. The molecule has 2 N–H and O–H groups in total. The minimum atomic E-state index is 0.327. The van der Waals surface area contributed by atoms with Crippen molar-refractivity contribution in [1.29, 1.82) is 0 Å². The molecular weight excluding hydrogens is 358 g/mol. The summed E-state index contributed by atoms with van der Waals surface area (Å²) in [6, 6.07) is 0. The van der Waals surface area contributed by atoms with Crippen LogP contribution in [0.25, 0.3) is 0 Å². The van der Waals surface area contributed by atoms with Crippen LogP contribution < -0.4 is 10.6 Å². The molecule has 0 amide bonds. The normalized spacial score (nSPS) is 21.4. The molecule has 7 heteroatoms. The second-order valence-electron chi connectivity index (χ2n) is 7.89. The largest absolute Gasteiger partial charge is 0.385 e. The lowest BCUT2D eigenvalue weighted by molar-refractivity contribution is 0.0626. The Morgan fingerprint density at radius 3 is 2.56 bits per heavy atom. The molecule has 0 spiro atoms. The fourth-order valence-electron chi connectivity index (χ4n) is 4.28. The van der Waals surface area contributed by atoms with Gasteiger partial charge in [0.25, 0.3) is 0 Å². The Balaban J connectivity index is 1.76. The van der Waals surface area contributed by atoms with E-state index < -0.39 is 0 Å². The second kappa shape index (κ2) is 12.9. The van der Waals surface area contributed by atoms with Gasteiger partial charge >= 0.3 is 0 Å². The van der Waals surface area contributed by atoms with E-state index in [1.165, 1.54) is 56.7 Å². The molecular formula is C20H41N5OS. The van der Waals surface area contributed by atoms with Crippen LogP contribution in [0.5, 0.6) is 0 Å². The predicted octanol–water partition coefficient (Wildman–Crippen LogP) is 1.87. The monoisotopic (exact) mass is 399 g/mol. The summed E-state index contributed by atoms with van der Waals surface area (Å²) >= 11 is 2.10. The summed E-state index contributed by atoms with van der Waals surface area (Å²) in [6.45, 7) is 7.32. The standard InChI is InChI=1S/C20H41N5OS/c1-21-19(22-10-12-24(2)11-7-15-26-3)23-18-20(8-5-4-6-9-20)25-13-16-27-17-14-25/h4-18H2,1-3H3,(H2,21,22,23). The SMILES string of the molecule is CN=C(NCCN(C)CCCOC)NCC1(N2CCSCC2)CCCCC1. The van der Waals surface area contributed by atoms with E-state index >= 15 is 0 Å². The number of aliphatic imine (C=N–C) groups is 1. The summed E-state index contributed by atoms with van der Waals surface area (Å²) in [5.74, 6) is 3.51. The van der Waals surface area contributed by atoms with Gasteiger partial charge in [0, 0.05) is 77.1 Å². The molecule has 0 bridgehead atoms. The molecule has 0 atom stereocenters. The Bertz CT molecular complexity index is 423. The van der Waals surface area contributed by atoms with Gasteiger partial charge in [-0.3, -0.25) is 9.89 Å². The maximum absolute atomic E-state index is 5.12. The molecule has 1 aliphatic heterocycles. The first-order chi connectivity index (χ1) is 13.2. The Morgan fingerprint density at radius 1 is 1.15 bits per heavy atom. The number of methoxy groups -OCH3 is 1. The van der Waals surface area contributed by atoms with E-state index in [9.17, 15) is 0 Å². The second-order valence-corrected chi connectivity index (χ2v) is 9.11. The van der Waals surface area contributed by atoms with Crippen molar-refractivity contribution in [2.75, 3.05) is 78.6 Å². The average Bonchev–Trinajstić information content (AvgIpc) is 2.72. The van der Waals surface area contributed by atoms with E-state index in [0.717, 1.165) is 45.2 Å². The molecule has 0 aromatic heterocycles. The molecule has 1 aliphatic carbocycles. The lowest BCUT2D eigenvalue weighted by Crippen LogP contribution is -2.60. The van der Waals surface area contributed by atoms with E-state index in [4.69, 9.17) is 4.74 Å². The van der Waals surface area contributed by atoms with E-state index in [1.807, 2.05) is 7.05 Å². The van der Waals surface area contributed by atoms with Gasteiger partial charge in [0.1, 0.15) is 0 Å². The van der Waals surface area contributed by atoms with Crippen LogP contribution in [0.2, 0.25) is 0 Å². The van der Waals surface area contributed by atoms with Gasteiger partial charge in [0.15, 0.2) is 5.96 Å². The Morgan fingerprint density at radius 2 is 1.89 bits per heavy atom. The fourth-order valence-corrected chi connectivity index (χ4v) is 5.18. The van der Waals surface area contributed by atoms with E-state index in [2.05, 4.69) is 44.2 Å². The van der Waals surface area contributed by atoms with Crippen LogP contribution in [0.3, 0.4) is 0 Å². The van der Waals surface area contributed by atoms with Crippen LogP contribution >= 0.6 is 11.8 Å². The van der Waals surface area contributed by atoms with Gasteiger partial charge in [-0.15, -0.1) is 0 Å². The van der Waals surface area contributed by atoms with Crippen LogP contribution in [0.15, 0.2) is 4.99 Å². The van der Waals surface area contributed by atoms with Crippen LogP contribution in [0, 0.1) is 0 Å². The molecule has 2 rings (SSSR count). The number of hydrogen-bond acceptors (Lipinski definition) is 5. The maximum atomic E-state index is 5.12. The first-order valence-electron chi connectivity index (χ1n) is 10.6. The highest BCUT2D eigenvalue weighted by Crippen LogP contribution is 2.34. The summed E-state index contributed by atoms with van der Waals surface area (Å²) < 4.78 is 5.12. The van der Waals surface area contributed by atoms with Gasteiger partial charge in [-0.2, -0.15) is 11.8 Å². The Kier molecular flexibility index (Phi) is 10.9. The van der Waals surface area contributed by atoms with Gasteiger partial charge in [-0.05, 0) is 26.3 Å². The molecule has 1 saturated heterocycles. The third-order valence-corrected chi connectivity index (χ3v) is 6.89. The number of nitrogens with zero attached hydrogens (tertiary/aromatic N) is 3. The topological polar surface area (TPSA) is 52.1 Å². The molecule has 0 unspecified atom stereocenters. The quantitative estimate of drug-likeness (QED) is 0.332. The van der Waals surface area contributed by atoms with E-state index in [1.54, 1.807) is 7.11 Å². The summed E-state index contributed by atoms with van der Waals surface area (Å²) in [5, 5.41) is 7.15. The van der Waals surface area contributed by atoms with Crippen molar-refractivity contribution in [3.8, 4) is 0 Å². The van der Waals surface area contributed by atoms with Crippen LogP contribution in [0.1, 0.15) is 38.5 Å². The average molecular weight is 400 g/mol. The molecule has 0 aromatic rings. The Labute approximate surface area is 170 Å². The molecule has 1 saturated carbocycles. The van der Waals surface area contributed by atoms with Crippen molar-refractivity contribution in [3.63, 3.8) is 0 Å². The first kappa shape index (κ1) is 22.8. The molecule has 6 nitrogen and oxygen atoms in total. The number of likely N-dealkylation sites (N-methyl/N-ethyl adjacent to an activating group) is 1. The van der Waals surface area contributed by atoms with E-state index in [-0.39, 0.29) is 0 Å². The van der Waals surface area contributed by atoms with Gasteiger partial charge in [-0.25, -0.2) is 0 Å². The van der Waals surface area contributed by atoms with Crippen molar-refractivity contribution in [1.82, 2.24) is 20.4 Å². The zero-order chi connectivity index (χ0) is 19.4. The lowest BCUT2D eigenvalue weighted by atomic mass is 9.80. The predicted molar refractivity (Wildman–Crippen MR) is 118 cm³/mol. The minimum Gasteiger partial charge on any atom is -0.385 e. The summed E-state index contributed by atoms with van der Waals surface area (Å²) in [7, 11) is 5.81. The number of ether oxygens (including phenoxy) is 1. The van der Waals surface area contributed by atoms with Crippen molar-refractivity contribution in [2.24, 2.45) is 4.99 Å².